The Bertz CT molecular complexity index is 1420. The first-order valence-electron chi connectivity index (χ1n) is 12.5. The molecule has 1 aliphatic rings. The minimum atomic E-state index is -4.47. The Morgan fingerprint density at radius 3 is 2.28 bits per heavy atom. The molecule has 1 saturated heterocycles. The predicted molar refractivity (Wildman–Crippen MR) is 143 cm³/mol. The average molecular weight is 552 g/mol. The maximum atomic E-state index is 13.5. The number of pyridine rings is 1. The van der Waals surface area contributed by atoms with Crippen molar-refractivity contribution in [2.45, 2.75) is 31.5 Å². The lowest BCUT2D eigenvalue weighted by Gasteiger charge is -2.33. The molecular weight excluding hydrogens is 527 g/mol. The van der Waals surface area contributed by atoms with Crippen molar-refractivity contribution in [3.8, 4) is 11.4 Å². The Balaban J connectivity index is 1.26. The zero-order valence-electron chi connectivity index (χ0n) is 20.8. The summed E-state index contributed by atoms with van der Waals surface area (Å²) in [6.45, 7) is 2.17. The smallest absolute Gasteiger partial charge is 0.322 e. The molecule has 0 saturated carbocycles. The molecule has 0 atom stereocenters. The van der Waals surface area contributed by atoms with Gasteiger partial charge in [0, 0.05) is 48.1 Å². The van der Waals surface area contributed by atoms with Crippen LogP contribution in [0.5, 0.6) is 0 Å². The minimum Gasteiger partial charge on any atom is -0.322 e. The van der Waals surface area contributed by atoms with Crippen molar-refractivity contribution in [2.24, 2.45) is 0 Å². The van der Waals surface area contributed by atoms with Gasteiger partial charge in [-0.1, -0.05) is 35.9 Å². The number of halogens is 4. The molecule has 3 heterocycles. The Morgan fingerprint density at radius 1 is 0.974 bits per heavy atom. The Labute approximate surface area is 228 Å². The molecule has 0 unspecified atom stereocenters. The molecule has 1 fully saturated rings. The van der Waals surface area contributed by atoms with E-state index in [1.165, 1.54) is 24.5 Å². The van der Waals surface area contributed by atoms with Gasteiger partial charge in [0.2, 0.25) is 0 Å². The molecule has 0 radical (unpaired) electrons. The SMILES string of the molecule is O=C(Nc1ccc(C(F)(F)F)cc1C1CCN(Cc2ccc(-c3ncc(Cl)cn3)cc2)CC1)c1ccncc1. The van der Waals surface area contributed by atoms with Crippen LogP contribution in [0.25, 0.3) is 11.4 Å². The number of carbonyl (C=O) groups excluding carboxylic acids is 1. The van der Waals surface area contributed by atoms with Crippen molar-refractivity contribution in [1.82, 2.24) is 19.9 Å². The van der Waals surface area contributed by atoms with E-state index in [1.807, 2.05) is 24.3 Å². The fourth-order valence-electron chi connectivity index (χ4n) is 4.77. The van der Waals surface area contributed by atoms with Gasteiger partial charge in [-0.2, -0.15) is 13.2 Å². The van der Waals surface area contributed by atoms with Crippen LogP contribution >= 0.6 is 11.6 Å². The van der Waals surface area contributed by atoms with Crippen LogP contribution in [0.1, 0.15) is 45.8 Å². The molecule has 0 spiro atoms. The number of alkyl halides is 3. The zero-order chi connectivity index (χ0) is 27.4. The Hall–Kier alpha value is -3.82. The van der Waals surface area contributed by atoms with Crippen molar-refractivity contribution >= 4 is 23.2 Å². The number of hydrogen-bond donors (Lipinski definition) is 1. The lowest BCUT2D eigenvalue weighted by molar-refractivity contribution is -0.137. The molecule has 5 rings (SSSR count). The predicted octanol–water partition coefficient (Wildman–Crippen LogP) is 6.84. The third-order valence-corrected chi connectivity index (χ3v) is 7.03. The van der Waals surface area contributed by atoms with E-state index in [0.29, 0.717) is 40.5 Å². The van der Waals surface area contributed by atoms with Gasteiger partial charge in [0.25, 0.3) is 5.91 Å². The summed E-state index contributed by atoms with van der Waals surface area (Å²) in [5.41, 5.74) is 2.60. The first kappa shape index (κ1) is 26.8. The highest BCUT2D eigenvalue weighted by Crippen LogP contribution is 2.38. The molecular formula is C29H25ClF3N5O. The molecule has 6 nitrogen and oxygen atoms in total. The van der Waals surface area contributed by atoms with Crippen molar-refractivity contribution in [3.63, 3.8) is 0 Å². The van der Waals surface area contributed by atoms with E-state index in [2.05, 4.69) is 25.2 Å². The third-order valence-electron chi connectivity index (χ3n) is 6.84. The van der Waals surface area contributed by atoms with Gasteiger partial charge < -0.3 is 5.32 Å². The van der Waals surface area contributed by atoms with Gasteiger partial charge in [-0.05, 0) is 73.3 Å². The minimum absolute atomic E-state index is 0.110. The first-order chi connectivity index (χ1) is 18.8. The number of benzene rings is 2. The monoisotopic (exact) mass is 551 g/mol. The van der Waals surface area contributed by atoms with E-state index >= 15 is 0 Å². The molecule has 0 aliphatic carbocycles. The van der Waals surface area contributed by atoms with Gasteiger partial charge in [-0.3, -0.25) is 14.7 Å². The van der Waals surface area contributed by atoms with Crippen molar-refractivity contribution in [3.05, 3.63) is 107 Å². The second-order valence-electron chi connectivity index (χ2n) is 9.46. The average Bonchev–Trinajstić information content (AvgIpc) is 2.94. The van der Waals surface area contributed by atoms with E-state index in [9.17, 15) is 18.0 Å². The van der Waals surface area contributed by atoms with E-state index in [-0.39, 0.29) is 11.8 Å². The van der Waals surface area contributed by atoms with Crippen LogP contribution in [0.2, 0.25) is 5.02 Å². The van der Waals surface area contributed by atoms with Gasteiger partial charge in [-0.25, -0.2) is 9.97 Å². The van der Waals surface area contributed by atoms with Gasteiger partial charge in [0.15, 0.2) is 5.82 Å². The van der Waals surface area contributed by atoms with E-state index in [1.54, 1.807) is 24.5 Å². The summed E-state index contributed by atoms with van der Waals surface area (Å²) in [5.74, 6) is 0.101. The highest BCUT2D eigenvalue weighted by atomic mass is 35.5. The first-order valence-corrected chi connectivity index (χ1v) is 12.9. The number of piperidine rings is 1. The summed E-state index contributed by atoms with van der Waals surface area (Å²) in [6.07, 6.45) is 3.00. The summed E-state index contributed by atoms with van der Waals surface area (Å²) in [5, 5.41) is 3.29. The molecule has 1 N–H and O–H groups in total. The van der Waals surface area contributed by atoms with Crippen LogP contribution in [-0.4, -0.2) is 38.8 Å². The van der Waals surface area contributed by atoms with Crippen molar-refractivity contribution in [2.75, 3.05) is 18.4 Å². The van der Waals surface area contributed by atoms with E-state index in [0.717, 1.165) is 36.8 Å². The maximum absolute atomic E-state index is 13.5. The molecule has 2 aromatic carbocycles. The Kier molecular flexibility index (Phi) is 7.90. The summed E-state index contributed by atoms with van der Waals surface area (Å²) >= 11 is 5.86. The van der Waals surface area contributed by atoms with Crippen molar-refractivity contribution in [1.29, 1.82) is 0 Å². The fraction of sp³-hybridized carbons (Fsp3) is 0.241. The topological polar surface area (TPSA) is 71.0 Å². The molecule has 0 bridgehead atoms. The molecule has 10 heteroatoms. The van der Waals surface area contributed by atoms with Crippen LogP contribution in [0.15, 0.2) is 79.4 Å². The highest BCUT2D eigenvalue weighted by molar-refractivity contribution is 6.30. The Morgan fingerprint density at radius 2 is 1.64 bits per heavy atom. The number of aromatic nitrogens is 3. The summed E-state index contributed by atoms with van der Waals surface area (Å²) < 4.78 is 40.6. The maximum Gasteiger partial charge on any atom is 0.416 e. The summed E-state index contributed by atoms with van der Waals surface area (Å²) in [6, 6.07) is 14.7. The quantitative estimate of drug-likeness (QED) is 0.284. The van der Waals surface area contributed by atoms with E-state index in [4.69, 9.17) is 11.6 Å². The second-order valence-corrected chi connectivity index (χ2v) is 9.90. The largest absolute Gasteiger partial charge is 0.416 e. The molecule has 1 aliphatic heterocycles. The number of nitrogens with zero attached hydrogens (tertiary/aromatic N) is 4. The standard InChI is InChI=1S/C29H25ClF3N5O/c30-24-16-35-27(36-17-24)21-3-1-19(2-4-21)18-38-13-9-20(10-14-38)25-15-23(29(31,32)33)5-6-26(25)37-28(39)22-7-11-34-12-8-22/h1-8,11-12,15-17,20H,9-10,13-14,18H2,(H,37,39). The van der Waals surface area contributed by atoms with Crippen molar-refractivity contribution < 1.29 is 18.0 Å². The summed E-state index contributed by atoms with van der Waals surface area (Å²) in [4.78, 5) is 27.4. The number of amides is 1. The zero-order valence-corrected chi connectivity index (χ0v) is 21.6. The van der Waals surface area contributed by atoms with Crippen LogP contribution in [0.4, 0.5) is 18.9 Å². The third kappa shape index (κ3) is 6.61. The number of rotatable bonds is 6. The number of anilines is 1. The lowest BCUT2D eigenvalue weighted by atomic mass is 9.87. The molecule has 1 amide bonds. The summed E-state index contributed by atoms with van der Waals surface area (Å²) in [7, 11) is 0. The second kappa shape index (κ2) is 11.5. The van der Waals surface area contributed by atoms with Crippen LogP contribution < -0.4 is 5.32 Å². The molecule has 39 heavy (non-hydrogen) atoms. The van der Waals surface area contributed by atoms with Crippen LogP contribution in [-0.2, 0) is 12.7 Å². The van der Waals surface area contributed by atoms with Gasteiger partial charge in [0.1, 0.15) is 0 Å². The fourth-order valence-corrected chi connectivity index (χ4v) is 4.87. The molecule has 200 valence electrons. The number of nitrogens with one attached hydrogen (secondary N) is 1. The molecule has 2 aromatic heterocycles. The van der Waals surface area contributed by atoms with Gasteiger partial charge in [-0.15, -0.1) is 0 Å². The normalized spacial score (nSPS) is 14.8. The van der Waals surface area contributed by atoms with Gasteiger partial charge >= 0.3 is 6.18 Å². The van der Waals surface area contributed by atoms with Crippen LogP contribution in [0.3, 0.4) is 0 Å². The lowest BCUT2D eigenvalue weighted by Crippen LogP contribution is -2.32. The molecule has 4 aromatic rings. The van der Waals surface area contributed by atoms with E-state index < -0.39 is 11.7 Å². The van der Waals surface area contributed by atoms with Crippen LogP contribution in [0, 0.1) is 0 Å². The number of carbonyl (C=O) groups is 1. The highest BCUT2D eigenvalue weighted by Gasteiger charge is 2.33. The number of hydrogen-bond acceptors (Lipinski definition) is 5. The number of likely N-dealkylation sites (tertiary alicyclic amines) is 1. The van der Waals surface area contributed by atoms with Gasteiger partial charge in [0.05, 0.1) is 10.6 Å².